The molecule has 6 nitrogen and oxygen atoms in total. The summed E-state index contributed by atoms with van der Waals surface area (Å²) in [6, 6.07) is 8.10. The number of hydrogen-bond donors (Lipinski definition) is 1. The van der Waals surface area contributed by atoms with Crippen molar-refractivity contribution in [3.63, 3.8) is 0 Å². The van der Waals surface area contributed by atoms with Crippen LogP contribution in [0.2, 0.25) is 0 Å². The first-order chi connectivity index (χ1) is 11.6. The van der Waals surface area contributed by atoms with Crippen LogP contribution in [0.1, 0.15) is 41.0 Å². The van der Waals surface area contributed by atoms with Crippen molar-refractivity contribution in [1.82, 2.24) is 20.0 Å². The van der Waals surface area contributed by atoms with E-state index in [1.54, 1.807) is 6.92 Å². The maximum atomic E-state index is 12.3. The molecule has 0 spiro atoms. The van der Waals surface area contributed by atoms with E-state index in [0.29, 0.717) is 30.0 Å². The number of aryl methyl sites for hydroxylation is 4. The third kappa shape index (κ3) is 3.04. The van der Waals surface area contributed by atoms with Crippen LogP contribution in [0.3, 0.4) is 0 Å². The van der Waals surface area contributed by atoms with Crippen molar-refractivity contribution in [3.05, 3.63) is 47.1 Å². The largest absolute Gasteiger partial charge is 0.361 e. The number of fused-ring (bicyclic) bond motifs is 1. The van der Waals surface area contributed by atoms with E-state index < -0.39 is 0 Å². The average Bonchev–Trinajstić information content (AvgIpc) is 3.11. The predicted molar refractivity (Wildman–Crippen MR) is 92.0 cm³/mol. The molecule has 0 atom stereocenters. The second-order valence-corrected chi connectivity index (χ2v) is 5.82. The Morgan fingerprint density at radius 2 is 2.08 bits per heavy atom. The quantitative estimate of drug-likeness (QED) is 0.707. The molecule has 2 aromatic heterocycles. The molecule has 24 heavy (non-hydrogen) atoms. The van der Waals surface area contributed by atoms with Gasteiger partial charge in [-0.2, -0.15) is 0 Å². The highest BCUT2D eigenvalue weighted by Gasteiger charge is 2.18. The number of aromatic nitrogens is 3. The molecule has 0 aliphatic heterocycles. The summed E-state index contributed by atoms with van der Waals surface area (Å²) in [5.74, 6) is 1.45. The third-order valence-corrected chi connectivity index (χ3v) is 4.18. The second-order valence-electron chi connectivity index (χ2n) is 5.82. The smallest absolute Gasteiger partial charge is 0.256 e. The van der Waals surface area contributed by atoms with Crippen molar-refractivity contribution in [1.29, 1.82) is 0 Å². The van der Waals surface area contributed by atoms with E-state index in [1.807, 2.05) is 32.0 Å². The molecule has 1 N–H and O–H groups in total. The summed E-state index contributed by atoms with van der Waals surface area (Å²) in [4.78, 5) is 16.9. The van der Waals surface area contributed by atoms with Gasteiger partial charge in [-0.1, -0.05) is 24.2 Å². The summed E-state index contributed by atoms with van der Waals surface area (Å²) in [5, 5.41) is 6.88. The highest BCUT2D eigenvalue weighted by molar-refractivity contribution is 5.96. The Kier molecular flexibility index (Phi) is 4.64. The predicted octanol–water partition coefficient (Wildman–Crippen LogP) is 3.02. The van der Waals surface area contributed by atoms with Crippen molar-refractivity contribution in [2.75, 3.05) is 6.54 Å². The Balaban J connectivity index is 1.60. The SMILES string of the molecule is CCc1noc(C)c1C(=O)NCCCn1c(C)nc2ccccc21. The van der Waals surface area contributed by atoms with E-state index in [-0.39, 0.29) is 5.91 Å². The molecule has 1 amide bonds. The topological polar surface area (TPSA) is 73.0 Å². The molecule has 0 radical (unpaired) electrons. The van der Waals surface area contributed by atoms with E-state index >= 15 is 0 Å². The molecular formula is C18H22N4O2. The van der Waals surface area contributed by atoms with Gasteiger partial charge in [0.05, 0.1) is 16.7 Å². The molecule has 0 unspecified atom stereocenters. The maximum Gasteiger partial charge on any atom is 0.256 e. The molecule has 3 aromatic rings. The fourth-order valence-corrected chi connectivity index (χ4v) is 2.96. The van der Waals surface area contributed by atoms with Gasteiger partial charge in [0.1, 0.15) is 17.1 Å². The summed E-state index contributed by atoms with van der Waals surface area (Å²) in [7, 11) is 0. The van der Waals surface area contributed by atoms with E-state index in [1.165, 1.54) is 0 Å². The summed E-state index contributed by atoms with van der Waals surface area (Å²) in [6.07, 6.45) is 1.51. The van der Waals surface area contributed by atoms with Crippen LogP contribution in [-0.2, 0) is 13.0 Å². The highest BCUT2D eigenvalue weighted by atomic mass is 16.5. The van der Waals surface area contributed by atoms with Gasteiger partial charge in [-0.05, 0) is 38.8 Å². The second kappa shape index (κ2) is 6.86. The zero-order chi connectivity index (χ0) is 17.1. The fraction of sp³-hybridized carbons (Fsp3) is 0.389. The number of rotatable bonds is 6. The van der Waals surface area contributed by atoms with Crippen molar-refractivity contribution in [2.24, 2.45) is 0 Å². The zero-order valence-electron chi connectivity index (χ0n) is 14.3. The van der Waals surface area contributed by atoms with Gasteiger partial charge in [-0.25, -0.2) is 4.98 Å². The first kappa shape index (κ1) is 16.2. The first-order valence-corrected chi connectivity index (χ1v) is 8.27. The van der Waals surface area contributed by atoms with E-state index in [9.17, 15) is 4.79 Å². The number of carbonyl (C=O) groups excluding carboxylic acids is 1. The molecule has 3 rings (SSSR count). The van der Waals surface area contributed by atoms with Crippen LogP contribution in [0.4, 0.5) is 0 Å². The number of benzene rings is 1. The average molecular weight is 326 g/mol. The lowest BCUT2D eigenvalue weighted by atomic mass is 10.1. The minimum Gasteiger partial charge on any atom is -0.361 e. The molecule has 0 bridgehead atoms. The number of para-hydroxylation sites is 2. The van der Waals surface area contributed by atoms with Crippen molar-refractivity contribution in [3.8, 4) is 0 Å². The summed E-state index contributed by atoms with van der Waals surface area (Å²) in [6.45, 7) is 7.14. The Bertz CT molecular complexity index is 863. The number of nitrogens with zero attached hydrogens (tertiary/aromatic N) is 3. The van der Waals surface area contributed by atoms with Gasteiger partial charge in [0.15, 0.2) is 0 Å². The monoisotopic (exact) mass is 326 g/mol. The van der Waals surface area contributed by atoms with Gasteiger partial charge in [0.25, 0.3) is 5.91 Å². The summed E-state index contributed by atoms with van der Waals surface area (Å²) >= 11 is 0. The normalized spacial score (nSPS) is 11.1. The molecular weight excluding hydrogens is 304 g/mol. The van der Waals surface area contributed by atoms with Crippen LogP contribution in [0.25, 0.3) is 11.0 Å². The number of nitrogens with one attached hydrogen (secondary N) is 1. The molecule has 0 aliphatic rings. The van der Waals surface area contributed by atoms with Crippen LogP contribution in [-0.4, -0.2) is 27.2 Å². The number of carbonyl (C=O) groups is 1. The van der Waals surface area contributed by atoms with Crippen LogP contribution >= 0.6 is 0 Å². The van der Waals surface area contributed by atoms with Crippen LogP contribution < -0.4 is 5.32 Å². The fourth-order valence-electron chi connectivity index (χ4n) is 2.96. The number of imidazole rings is 1. The van der Waals surface area contributed by atoms with Gasteiger partial charge in [0.2, 0.25) is 0 Å². The molecule has 2 heterocycles. The Labute approximate surface area is 140 Å². The van der Waals surface area contributed by atoms with Crippen LogP contribution in [0.5, 0.6) is 0 Å². The lowest BCUT2D eigenvalue weighted by molar-refractivity contribution is 0.0950. The van der Waals surface area contributed by atoms with Gasteiger partial charge in [-0.15, -0.1) is 0 Å². The van der Waals surface area contributed by atoms with Crippen molar-refractivity contribution < 1.29 is 9.32 Å². The number of amides is 1. The standard InChI is InChI=1S/C18H22N4O2/c1-4-14-17(12(2)24-21-14)18(23)19-10-7-11-22-13(3)20-15-8-5-6-9-16(15)22/h5-6,8-9H,4,7,10-11H2,1-3H3,(H,19,23). The minimum atomic E-state index is -0.113. The number of hydrogen-bond acceptors (Lipinski definition) is 4. The summed E-state index contributed by atoms with van der Waals surface area (Å²) < 4.78 is 7.30. The molecule has 0 saturated heterocycles. The van der Waals surface area contributed by atoms with Crippen molar-refractivity contribution in [2.45, 2.75) is 40.2 Å². The Hall–Kier alpha value is -2.63. The Morgan fingerprint density at radius 1 is 1.29 bits per heavy atom. The lowest BCUT2D eigenvalue weighted by Gasteiger charge is -2.08. The first-order valence-electron chi connectivity index (χ1n) is 8.27. The molecule has 0 fully saturated rings. The van der Waals surface area contributed by atoms with Gasteiger partial charge in [0, 0.05) is 13.1 Å². The molecule has 6 heteroatoms. The van der Waals surface area contributed by atoms with E-state index in [2.05, 4.69) is 26.1 Å². The lowest BCUT2D eigenvalue weighted by Crippen LogP contribution is -2.26. The van der Waals surface area contributed by atoms with Crippen LogP contribution in [0, 0.1) is 13.8 Å². The summed E-state index contributed by atoms with van der Waals surface area (Å²) in [5.41, 5.74) is 3.42. The molecule has 0 aliphatic carbocycles. The highest BCUT2D eigenvalue weighted by Crippen LogP contribution is 2.16. The van der Waals surface area contributed by atoms with Gasteiger partial charge < -0.3 is 14.4 Å². The van der Waals surface area contributed by atoms with Gasteiger partial charge in [-0.3, -0.25) is 4.79 Å². The van der Waals surface area contributed by atoms with E-state index in [4.69, 9.17) is 4.52 Å². The zero-order valence-corrected chi connectivity index (χ0v) is 14.3. The van der Waals surface area contributed by atoms with Crippen LogP contribution in [0.15, 0.2) is 28.8 Å². The molecule has 0 saturated carbocycles. The van der Waals surface area contributed by atoms with Crippen molar-refractivity contribution >= 4 is 16.9 Å². The minimum absolute atomic E-state index is 0.113. The molecule has 126 valence electrons. The molecule has 1 aromatic carbocycles. The third-order valence-electron chi connectivity index (χ3n) is 4.18. The van der Waals surface area contributed by atoms with Gasteiger partial charge >= 0.3 is 0 Å². The van der Waals surface area contributed by atoms with E-state index in [0.717, 1.165) is 29.8 Å². The maximum absolute atomic E-state index is 12.3. The Morgan fingerprint density at radius 3 is 2.88 bits per heavy atom.